The molecule has 0 saturated carbocycles. The van der Waals surface area contributed by atoms with Gasteiger partial charge in [0.1, 0.15) is 0 Å². The number of hydrogen-bond donors (Lipinski definition) is 2. The van der Waals surface area contributed by atoms with Gasteiger partial charge in [-0.25, -0.2) is 19.9 Å². The number of carbonyl (C=O) groups is 2. The molecule has 4 heterocycles. The summed E-state index contributed by atoms with van der Waals surface area (Å²) in [7, 11) is 0. The Kier molecular flexibility index (Phi) is 14.9. The summed E-state index contributed by atoms with van der Waals surface area (Å²) < 4.78 is 3.70. The van der Waals surface area contributed by atoms with Crippen LogP contribution in [-0.2, 0) is 26.7 Å². The summed E-state index contributed by atoms with van der Waals surface area (Å²) >= 11 is 5.40. The molecule has 205 valence electrons. The number of rotatable bonds is 6. The van der Waals surface area contributed by atoms with Crippen molar-refractivity contribution >= 4 is 78.6 Å². The number of aromatic nitrogens is 6. The molecule has 0 saturated heterocycles. The fourth-order valence-corrected chi connectivity index (χ4v) is 6.06. The molecule has 2 N–H and O–H groups in total. The molecule has 0 aliphatic heterocycles. The van der Waals surface area contributed by atoms with E-state index in [9.17, 15) is 19.8 Å². The van der Waals surface area contributed by atoms with E-state index in [1.807, 2.05) is 48.5 Å². The maximum Gasteiger partial charge on any atom is 2.00 e. The number of nitrogens with one attached hydrogen (secondary N) is 2. The minimum atomic E-state index is -1.06. The fraction of sp³-hybridized carbons (Fsp3) is 0.0833. The van der Waals surface area contributed by atoms with Crippen LogP contribution in [0.2, 0.25) is 0 Å². The number of hydrogen-bond acceptors (Lipinski definition) is 12. The van der Waals surface area contributed by atoms with E-state index in [1.165, 1.54) is 46.2 Å². The van der Waals surface area contributed by atoms with E-state index in [0.29, 0.717) is 0 Å². The standard InChI is InChI=1S/2C9H7NO2S2.2C3H4N2.Cu/c2*11-8(12)5-13-9-10-6-3-1-2-4-7(6)14-9;2*1-2-5-3-4-1;/h2*1-4H,5H2,(H,11,12);2*1-3H,(H,4,5);/q;;;;+2/p-2. The van der Waals surface area contributed by atoms with Crippen LogP contribution in [-0.4, -0.2) is 53.3 Å². The second kappa shape index (κ2) is 18.2. The number of aromatic amines is 2. The molecule has 0 fully saturated rings. The van der Waals surface area contributed by atoms with Crippen molar-refractivity contribution < 1.29 is 36.9 Å². The molecule has 0 atom stereocenters. The molecule has 6 aromatic rings. The Hall–Kier alpha value is -3.20. The van der Waals surface area contributed by atoms with Crippen LogP contribution in [0.1, 0.15) is 0 Å². The van der Waals surface area contributed by atoms with E-state index >= 15 is 0 Å². The molecule has 0 spiro atoms. The van der Waals surface area contributed by atoms with Gasteiger partial charge in [-0.3, -0.25) is 0 Å². The van der Waals surface area contributed by atoms with Crippen LogP contribution in [0.4, 0.5) is 0 Å². The molecule has 0 aliphatic rings. The van der Waals surface area contributed by atoms with Crippen LogP contribution in [0, 0.1) is 0 Å². The summed E-state index contributed by atoms with van der Waals surface area (Å²) in [5, 5.41) is 20.5. The maximum atomic E-state index is 10.2. The van der Waals surface area contributed by atoms with E-state index in [-0.39, 0.29) is 28.6 Å². The first kappa shape index (κ1) is 32.0. The summed E-state index contributed by atoms with van der Waals surface area (Å²) in [5.41, 5.74) is 1.83. The van der Waals surface area contributed by atoms with Crippen LogP contribution in [0.25, 0.3) is 20.4 Å². The van der Waals surface area contributed by atoms with Crippen LogP contribution in [0.3, 0.4) is 0 Å². The summed E-state index contributed by atoms with van der Waals surface area (Å²) in [5.74, 6) is -2.21. The van der Waals surface area contributed by atoms with Gasteiger partial charge in [-0.1, -0.05) is 47.8 Å². The number of thiazole rings is 2. The fourth-order valence-electron chi connectivity index (χ4n) is 2.50. The summed E-state index contributed by atoms with van der Waals surface area (Å²) in [4.78, 5) is 41.8. The van der Waals surface area contributed by atoms with Crippen molar-refractivity contribution in [3.8, 4) is 0 Å². The molecular weight excluding hydrogens is 628 g/mol. The van der Waals surface area contributed by atoms with E-state index < -0.39 is 11.9 Å². The Morgan fingerprint density at radius 1 is 0.718 bits per heavy atom. The monoisotopic (exact) mass is 647 g/mol. The third-order valence-electron chi connectivity index (χ3n) is 3.99. The number of carbonyl (C=O) groups excluding carboxylic acids is 2. The SMILES string of the molecule is O=C([O-])CSc1nc2ccccc2s1.O=C([O-])CSc1nc2ccccc2s1.[Cu+2].c1c[nH]cn1.c1c[nH]cn1. The van der Waals surface area contributed by atoms with Crippen molar-refractivity contribution in [3.05, 3.63) is 86.0 Å². The number of para-hydroxylation sites is 2. The average molecular weight is 648 g/mol. The van der Waals surface area contributed by atoms with Gasteiger partial charge in [0.2, 0.25) is 0 Å². The third kappa shape index (κ3) is 12.5. The zero-order valence-corrected chi connectivity index (χ0v) is 24.1. The Morgan fingerprint density at radius 2 is 1.13 bits per heavy atom. The van der Waals surface area contributed by atoms with Crippen molar-refractivity contribution in [1.29, 1.82) is 0 Å². The molecule has 0 unspecified atom stereocenters. The molecule has 4 aromatic heterocycles. The molecule has 1 radical (unpaired) electrons. The number of aliphatic carboxylic acids is 2. The molecule has 39 heavy (non-hydrogen) atoms. The normalized spacial score (nSPS) is 9.64. The average Bonchev–Trinajstić information content (AvgIpc) is 3.74. The number of fused-ring (bicyclic) bond motifs is 2. The van der Waals surface area contributed by atoms with Gasteiger partial charge in [0.15, 0.2) is 8.68 Å². The summed E-state index contributed by atoms with van der Waals surface area (Å²) in [6.07, 6.45) is 10.2. The molecule has 10 nitrogen and oxygen atoms in total. The summed E-state index contributed by atoms with van der Waals surface area (Å²) in [6.45, 7) is 0. The van der Waals surface area contributed by atoms with Crippen molar-refractivity contribution in [2.24, 2.45) is 0 Å². The van der Waals surface area contributed by atoms with Crippen LogP contribution < -0.4 is 10.2 Å². The molecule has 0 amide bonds. The Bertz CT molecular complexity index is 1300. The van der Waals surface area contributed by atoms with Gasteiger partial charge in [-0.05, 0) is 24.3 Å². The van der Waals surface area contributed by atoms with Crippen LogP contribution in [0.5, 0.6) is 0 Å². The number of benzene rings is 2. The first-order valence-electron chi connectivity index (χ1n) is 10.7. The largest absolute Gasteiger partial charge is 2.00 e. The van der Waals surface area contributed by atoms with Gasteiger partial charge < -0.3 is 29.8 Å². The van der Waals surface area contributed by atoms with E-state index in [1.54, 1.807) is 37.4 Å². The Labute approximate surface area is 250 Å². The van der Waals surface area contributed by atoms with Crippen molar-refractivity contribution in [2.75, 3.05) is 11.5 Å². The van der Waals surface area contributed by atoms with E-state index in [4.69, 9.17) is 0 Å². The van der Waals surface area contributed by atoms with Crippen molar-refractivity contribution in [1.82, 2.24) is 29.9 Å². The zero-order chi connectivity index (χ0) is 27.0. The molecule has 6 rings (SSSR count). The van der Waals surface area contributed by atoms with E-state index in [0.717, 1.165) is 29.1 Å². The number of nitrogens with zero attached hydrogens (tertiary/aromatic N) is 4. The molecule has 0 aliphatic carbocycles. The quantitative estimate of drug-likeness (QED) is 0.203. The molecule has 15 heteroatoms. The van der Waals surface area contributed by atoms with Gasteiger partial charge in [0, 0.05) is 36.3 Å². The number of carboxylic acids is 2. The predicted octanol–water partition coefficient (Wildman–Crippen LogP) is 3.09. The minimum absolute atomic E-state index is 0. The van der Waals surface area contributed by atoms with Gasteiger partial charge >= 0.3 is 17.1 Å². The second-order valence-electron chi connectivity index (χ2n) is 6.74. The molecule has 2 aromatic carbocycles. The number of thioether (sulfide) groups is 2. The van der Waals surface area contributed by atoms with Gasteiger partial charge in [-0.15, -0.1) is 22.7 Å². The number of carboxylic acid groups (broad SMARTS) is 2. The number of H-pyrrole nitrogens is 2. The van der Waals surface area contributed by atoms with Gasteiger partial charge in [0.25, 0.3) is 0 Å². The first-order valence-corrected chi connectivity index (χ1v) is 14.3. The van der Waals surface area contributed by atoms with Crippen molar-refractivity contribution in [2.45, 2.75) is 8.68 Å². The first-order chi connectivity index (χ1) is 18.5. The predicted molar refractivity (Wildman–Crippen MR) is 148 cm³/mol. The third-order valence-corrected chi connectivity index (χ3v) is 8.29. The topological polar surface area (TPSA) is 163 Å². The maximum absolute atomic E-state index is 10.2. The Balaban J connectivity index is 0.000000199. The minimum Gasteiger partial charge on any atom is -0.549 e. The van der Waals surface area contributed by atoms with Gasteiger partial charge in [-0.2, -0.15) is 0 Å². The Morgan fingerprint density at radius 3 is 1.41 bits per heavy atom. The summed E-state index contributed by atoms with van der Waals surface area (Å²) in [6, 6.07) is 15.5. The van der Waals surface area contributed by atoms with Crippen molar-refractivity contribution in [3.63, 3.8) is 0 Å². The number of imidazole rings is 2. The zero-order valence-electron chi connectivity index (χ0n) is 19.9. The smallest absolute Gasteiger partial charge is 0.549 e. The second-order valence-corrected chi connectivity index (χ2v) is 11.2. The molecule has 0 bridgehead atoms. The van der Waals surface area contributed by atoms with Gasteiger partial charge in [0.05, 0.1) is 45.0 Å². The van der Waals surface area contributed by atoms with E-state index in [2.05, 4.69) is 29.9 Å². The van der Waals surface area contributed by atoms with Crippen LogP contribution >= 0.6 is 46.2 Å². The molecular formula is C24H20CuN6O4S4. The van der Waals surface area contributed by atoms with Crippen LogP contribution in [0.15, 0.2) is 94.7 Å².